The molecule has 0 aliphatic carbocycles. The number of amides is 1. The number of hydrogen-bond donors (Lipinski definition) is 1. The average molecular weight is 438 g/mol. The first-order valence-corrected chi connectivity index (χ1v) is 9.81. The second kappa shape index (κ2) is 8.97. The molecule has 31 heavy (non-hydrogen) atoms. The van der Waals surface area contributed by atoms with Gasteiger partial charge in [0.2, 0.25) is 11.8 Å². The van der Waals surface area contributed by atoms with Gasteiger partial charge in [0, 0.05) is 10.6 Å². The smallest absolute Gasteiger partial charge is 0.388 e. The Morgan fingerprint density at radius 1 is 1.00 bits per heavy atom. The molecule has 1 unspecified atom stereocenters. The fraction of sp³-hybridized carbons (Fsp3) is 0.0870. The summed E-state index contributed by atoms with van der Waals surface area (Å²) >= 11 is 5.99. The quantitative estimate of drug-likeness (QED) is 0.490. The van der Waals surface area contributed by atoms with Crippen LogP contribution in [0.25, 0.3) is 11.5 Å². The van der Waals surface area contributed by atoms with E-state index in [4.69, 9.17) is 16.0 Å². The van der Waals surface area contributed by atoms with Crippen LogP contribution >= 0.6 is 11.6 Å². The van der Waals surface area contributed by atoms with Gasteiger partial charge in [-0.15, -0.1) is 5.10 Å². The molecule has 4 rings (SSSR count). The molecule has 6 nitrogen and oxygen atoms in total. The van der Waals surface area contributed by atoms with Gasteiger partial charge in [0.05, 0.1) is 6.04 Å². The molecule has 0 fully saturated rings. The van der Waals surface area contributed by atoms with Gasteiger partial charge in [0.15, 0.2) is 0 Å². The number of carbonyl (C=O) groups is 1. The second-order valence-corrected chi connectivity index (χ2v) is 7.24. The zero-order valence-corrected chi connectivity index (χ0v) is 16.9. The first-order valence-electron chi connectivity index (χ1n) is 9.43. The molecule has 0 saturated heterocycles. The Morgan fingerprint density at radius 3 is 2.32 bits per heavy atom. The minimum atomic E-state index is -0.780. The van der Waals surface area contributed by atoms with Crippen LogP contribution in [-0.2, 0) is 11.3 Å². The van der Waals surface area contributed by atoms with Gasteiger partial charge in [-0.2, -0.15) is 4.68 Å². The summed E-state index contributed by atoms with van der Waals surface area (Å²) in [5.41, 5.74) is 2.14. The van der Waals surface area contributed by atoms with Crippen LogP contribution in [0.3, 0.4) is 0 Å². The third-order valence-corrected chi connectivity index (χ3v) is 4.88. The van der Waals surface area contributed by atoms with E-state index < -0.39 is 23.5 Å². The molecular weight excluding hydrogens is 421 g/mol. The molecule has 1 amide bonds. The summed E-state index contributed by atoms with van der Waals surface area (Å²) < 4.78 is 19.1. The van der Waals surface area contributed by atoms with Gasteiger partial charge >= 0.3 is 5.76 Å². The molecule has 1 atom stereocenters. The molecule has 0 aliphatic rings. The zero-order chi connectivity index (χ0) is 21.8. The van der Waals surface area contributed by atoms with Crippen molar-refractivity contribution in [2.45, 2.75) is 12.6 Å². The summed E-state index contributed by atoms with van der Waals surface area (Å²) in [6.07, 6.45) is 0. The molecule has 0 bridgehead atoms. The van der Waals surface area contributed by atoms with E-state index in [1.54, 1.807) is 12.1 Å². The Bertz CT molecular complexity index is 1240. The number of rotatable bonds is 6. The van der Waals surface area contributed by atoms with Crippen molar-refractivity contribution in [3.05, 3.63) is 111 Å². The SMILES string of the molecule is O=C(Cn1nc(-c2ccc(F)cc2)oc1=O)NC(c1ccccc1)c1ccc(Cl)cc1. The van der Waals surface area contributed by atoms with Crippen molar-refractivity contribution in [1.29, 1.82) is 0 Å². The highest BCUT2D eigenvalue weighted by atomic mass is 35.5. The second-order valence-electron chi connectivity index (χ2n) is 6.80. The van der Waals surface area contributed by atoms with E-state index in [0.29, 0.717) is 10.6 Å². The van der Waals surface area contributed by atoms with Crippen molar-refractivity contribution in [1.82, 2.24) is 15.1 Å². The Balaban J connectivity index is 1.55. The average Bonchev–Trinajstić information content (AvgIpc) is 3.14. The van der Waals surface area contributed by atoms with E-state index in [9.17, 15) is 14.0 Å². The maximum absolute atomic E-state index is 13.1. The van der Waals surface area contributed by atoms with Crippen LogP contribution in [0, 0.1) is 5.82 Å². The Morgan fingerprint density at radius 2 is 1.65 bits per heavy atom. The van der Waals surface area contributed by atoms with Crippen LogP contribution in [-0.4, -0.2) is 15.7 Å². The number of aromatic nitrogens is 2. The van der Waals surface area contributed by atoms with E-state index in [1.165, 1.54) is 24.3 Å². The largest absolute Gasteiger partial charge is 0.437 e. The number of carbonyl (C=O) groups excluding carboxylic acids is 1. The van der Waals surface area contributed by atoms with Crippen LogP contribution in [0.15, 0.2) is 88.1 Å². The maximum atomic E-state index is 13.1. The highest BCUT2D eigenvalue weighted by Gasteiger charge is 2.19. The highest BCUT2D eigenvalue weighted by Crippen LogP contribution is 2.23. The van der Waals surface area contributed by atoms with Crippen molar-refractivity contribution in [3.63, 3.8) is 0 Å². The minimum absolute atomic E-state index is 0.00936. The Kier molecular flexibility index (Phi) is 5.95. The van der Waals surface area contributed by atoms with Crippen LogP contribution in [0.5, 0.6) is 0 Å². The molecule has 3 aromatic carbocycles. The van der Waals surface area contributed by atoms with Crippen molar-refractivity contribution in [3.8, 4) is 11.5 Å². The fourth-order valence-corrected chi connectivity index (χ4v) is 3.24. The van der Waals surface area contributed by atoms with E-state index in [1.807, 2.05) is 42.5 Å². The van der Waals surface area contributed by atoms with Crippen molar-refractivity contribution in [2.75, 3.05) is 0 Å². The molecule has 0 saturated carbocycles. The topological polar surface area (TPSA) is 77.1 Å². The predicted molar refractivity (Wildman–Crippen MR) is 114 cm³/mol. The van der Waals surface area contributed by atoms with Crippen molar-refractivity contribution >= 4 is 17.5 Å². The molecule has 0 aliphatic heterocycles. The van der Waals surface area contributed by atoms with E-state index >= 15 is 0 Å². The standard InChI is InChI=1S/C23H17ClFN3O3/c24-18-10-6-16(7-11-18)21(15-4-2-1-3-5-15)26-20(29)14-28-23(30)31-22(27-28)17-8-12-19(25)13-9-17/h1-13,21H,14H2,(H,26,29). The Hall–Kier alpha value is -3.71. The lowest BCUT2D eigenvalue weighted by molar-refractivity contribution is -0.122. The molecule has 1 heterocycles. The lowest BCUT2D eigenvalue weighted by Crippen LogP contribution is -2.34. The van der Waals surface area contributed by atoms with Gasteiger partial charge < -0.3 is 9.73 Å². The lowest BCUT2D eigenvalue weighted by Gasteiger charge is -2.20. The normalized spacial score (nSPS) is 11.8. The summed E-state index contributed by atoms with van der Waals surface area (Å²) in [5.74, 6) is -1.61. The summed E-state index contributed by atoms with van der Waals surface area (Å²) in [4.78, 5) is 24.9. The molecule has 1 aromatic heterocycles. The monoisotopic (exact) mass is 437 g/mol. The van der Waals surface area contributed by atoms with Crippen LogP contribution in [0.4, 0.5) is 4.39 Å². The van der Waals surface area contributed by atoms with E-state index in [2.05, 4.69) is 10.4 Å². The Labute approximate surface area is 181 Å². The van der Waals surface area contributed by atoms with Crippen molar-refractivity contribution in [2.24, 2.45) is 0 Å². The maximum Gasteiger partial charge on any atom is 0.437 e. The summed E-state index contributed by atoms with van der Waals surface area (Å²) in [7, 11) is 0. The van der Waals surface area contributed by atoms with E-state index in [-0.39, 0.29) is 12.4 Å². The van der Waals surface area contributed by atoms with Crippen LogP contribution in [0.1, 0.15) is 17.2 Å². The summed E-state index contributed by atoms with van der Waals surface area (Å²) in [6.45, 7) is -0.333. The van der Waals surface area contributed by atoms with Gasteiger partial charge in [0.1, 0.15) is 12.4 Å². The number of halogens is 2. The summed E-state index contributed by atoms with van der Waals surface area (Å²) in [5, 5.41) is 7.57. The fourth-order valence-electron chi connectivity index (χ4n) is 3.12. The predicted octanol–water partition coefficient (Wildman–Crippen LogP) is 4.20. The van der Waals surface area contributed by atoms with E-state index in [0.717, 1.165) is 15.8 Å². The number of nitrogens with one attached hydrogen (secondary N) is 1. The zero-order valence-electron chi connectivity index (χ0n) is 16.2. The van der Waals surface area contributed by atoms with Crippen LogP contribution < -0.4 is 11.1 Å². The number of nitrogens with zero attached hydrogens (tertiary/aromatic N) is 2. The van der Waals surface area contributed by atoms with Gasteiger partial charge in [-0.05, 0) is 47.5 Å². The molecule has 4 aromatic rings. The number of hydrogen-bond acceptors (Lipinski definition) is 4. The molecule has 1 N–H and O–H groups in total. The third kappa shape index (κ3) is 4.90. The third-order valence-electron chi connectivity index (χ3n) is 4.63. The number of benzene rings is 3. The summed E-state index contributed by atoms with van der Waals surface area (Å²) in [6, 6.07) is 21.5. The first kappa shape index (κ1) is 20.6. The van der Waals surface area contributed by atoms with Gasteiger partial charge in [0.25, 0.3) is 0 Å². The van der Waals surface area contributed by atoms with Gasteiger partial charge in [-0.1, -0.05) is 54.1 Å². The van der Waals surface area contributed by atoms with Gasteiger partial charge in [-0.3, -0.25) is 4.79 Å². The molecule has 0 radical (unpaired) electrons. The molecule has 0 spiro atoms. The molecule has 8 heteroatoms. The molecule has 156 valence electrons. The van der Waals surface area contributed by atoms with Crippen LogP contribution in [0.2, 0.25) is 5.02 Å². The minimum Gasteiger partial charge on any atom is -0.388 e. The lowest BCUT2D eigenvalue weighted by atomic mass is 9.99. The van der Waals surface area contributed by atoms with Gasteiger partial charge in [-0.25, -0.2) is 9.18 Å². The first-order chi connectivity index (χ1) is 15.0. The highest BCUT2D eigenvalue weighted by molar-refractivity contribution is 6.30. The molecular formula is C23H17ClFN3O3. The van der Waals surface area contributed by atoms with Crippen molar-refractivity contribution < 1.29 is 13.6 Å².